The molecule has 0 unspecified atom stereocenters. The molecule has 100 valence electrons. The summed E-state index contributed by atoms with van der Waals surface area (Å²) in [5.41, 5.74) is 0.889. The van der Waals surface area contributed by atoms with Gasteiger partial charge in [0.1, 0.15) is 0 Å². The van der Waals surface area contributed by atoms with E-state index >= 15 is 0 Å². The van der Waals surface area contributed by atoms with Crippen LogP contribution < -0.4 is 4.74 Å². The summed E-state index contributed by atoms with van der Waals surface area (Å²) < 4.78 is 19.3. The molecule has 0 atom stereocenters. The number of rotatable bonds is 4. The van der Waals surface area contributed by atoms with Crippen LogP contribution in [0.4, 0.5) is 4.39 Å². The monoisotopic (exact) mass is 333 g/mol. The predicted octanol–water partition coefficient (Wildman–Crippen LogP) is 3.72. The third-order valence-corrected chi connectivity index (χ3v) is 3.08. The molecule has 2 aromatic rings. The van der Waals surface area contributed by atoms with E-state index in [0.29, 0.717) is 15.6 Å². The number of carbonyl (C=O) groups excluding carboxylic acids is 1. The van der Waals surface area contributed by atoms with Crippen LogP contribution in [0.25, 0.3) is 0 Å². The van der Waals surface area contributed by atoms with Crippen molar-refractivity contribution in [2.24, 2.45) is 0 Å². The van der Waals surface area contributed by atoms with Crippen molar-refractivity contribution in [3.8, 4) is 11.8 Å². The van der Waals surface area contributed by atoms with Crippen LogP contribution in [0, 0.1) is 17.1 Å². The van der Waals surface area contributed by atoms with E-state index in [1.165, 1.54) is 12.1 Å². The van der Waals surface area contributed by atoms with E-state index in [1.54, 1.807) is 30.3 Å². The summed E-state index contributed by atoms with van der Waals surface area (Å²) in [6.07, 6.45) is 0. The van der Waals surface area contributed by atoms with E-state index in [9.17, 15) is 9.18 Å². The summed E-state index contributed by atoms with van der Waals surface area (Å²) in [5.74, 6) is -0.795. The zero-order chi connectivity index (χ0) is 14.5. The maximum absolute atomic E-state index is 13.4. The van der Waals surface area contributed by atoms with Gasteiger partial charge in [-0.1, -0.05) is 15.9 Å². The molecule has 0 aromatic heterocycles. The van der Waals surface area contributed by atoms with Gasteiger partial charge in [0.15, 0.2) is 24.0 Å². The second-order valence-corrected chi connectivity index (χ2v) is 4.89. The molecule has 2 aromatic carbocycles. The fourth-order valence-electron chi connectivity index (χ4n) is 1.55. The number of nitriles is 1. The van der Waals surface area contributed by atoms with Crippen LogP contribution in [0.2, 0.25) is 0 Å². The SMILES string of the molecule is N#Cc1ccc(C(=O)COc2cc(Br)ccc2F)cc1. The van der Waals surface area contributed by atoms with E-state index in [1.807, 2.05) is 6.07 Å². The standard InChI is InChI=1S/C15H9BrFNO2/c16-12-5-6-13(17)15(7-12)20-9-14(19)11-3-1-10(8-18)2-4-11/h1-7H,9H2. The van der Waals surface area contributed by atoms with Crippen LogP contribution >= 0.6 is 15.9 Å². The Balaban J connectivity index is 2.04. The first-order valence-corrected chi connectivity index (χ1v) is 6.50. The molecule has 0 heterocycles. The summed E-state index contributed by atoms with van der Waals surface area (Å²) in [5, 5.41) is 8.67. The fourth-order valence-corrected chi connectivity index (χ4v) is 1.89. The van der Waals surface area contributed by atoms with Crippen molar-refractivity contribution in [1.82, 2.24) is 0 Å². The molecule has 0 amide bonds. The lowest BCUT2D eigenvalue weighted by molar-refractivity contribution is 0.0918. The zero-order valence-electron chi connectivity index (χ0n) is 10.3. The maximum Gasteiger partial charge on any atom is 0.200 e. The highest BCUT2D eigenvalue weighted by atomic mass is 79.9. The highest BCUT2D eigenvalue weighted by Gasteiger charge is 2.09. The number of hydrogen-bond acceptors (Lipinski definition) is 3. The molecule has 0 saturated carbocycles. The van der Waals surface area contributed by atoms with Gasteiger partial charge in [0.2, 0.25) is 0 Å². The van der Waals surface area contributed by atoms with Crippen LogP contribution in [0.3, 0.4) is 0 Å². The van der Waals surface area contributed by atoms with E-state index in [4.69, 9.17) is 10.00 Å². The topological polar surface area (TPSA) is 50.1 Å². The van der Waals surface area contributed by atoms with Crippen molar-refractivity contribution in [3.63, 3.8) is 0 Å². The van der Waals surface area contributed by atoms with E-state index in [0.717, 1.165) is 0 Å². The first kappa shape index (κ1) is 14.2. The average molecular weight is 334 g/mol. The van der Waals surface area contributed by atoms with Crippen molar-refractivity contribution >= 4 is 21.7 Å². The molecule has 0 N–H and O–H groups in total. The summed E-state index contributed by atoms with van der Waals surface area (Å²) in [6.45, 7) is -0.265. The van der Waals surface area contributed by atoms with E-state index in [-0.39, 0.29) is 18.1 Å². The molecule has 5 heteroatoms. The molecule has 0 saturated heterocycles. The maximum atomic E-state index is 13.4. The van der Waals surface area contributed by atoms with Gasteiger partial charge >= 0.3 is 0 Å². The molecule has 3 nitrogen and oxygen atoms in total. The van der Waals surface area contributed by atoms with Crippen molar-refractivity contribution in [2.45, 2.75) is 0 Å². The van der Waals surface area contributed by atoms with Crippen LogP contribution in [-0.4, -0.2) is 12.4 Å². The van der Waals surface area contributed by atoms with Gasteiger partial charge in [0.05, 0.1) is 11.6 Å². The van der Waals surface area contributed by atoms with Crippen molar-refractivity contribution in [3.05, 3.63) is 63.9 Å². The molecule has 0 radical (unpaired) electrons. The third-order valence-electron chi connectivity index (χ3n) is 2.59. The van der Waals surface area contributed by atoms with Crippen LogP contribution in [0.1, 0.15) is 15.9 Å². The van der Waals surface area contributed by atoms with Crippen molar-refractivity contribution < 1.29 is 13.9 Å². The Bertz CT molecular complexity index is 677. The van der Waals surface area contributed by atoms with Gasteiger partial charge < -0.3 is 4.74 Å². The minimum absolute atomic E-state index is 0.0152. The largest absolute Gasteiger partial charge is 0.482 e. The Labute approximate surface area is 123 Å². The predicted molar refractivity (Wildman–Crippen MR) is 75.1 cm³/mol. The molecular weight excluding hydrogens is 325 g/mol. The lowest BCUT2D eigenvalue weighted by atomic mass is 10.1. The summed E-state index contributed by atoms with van der Waals surface area (Å²) in [6, 6.07) is 12.4. The number of carbonyl (C=O) groups is 1. The van der Waals surface area contributed by atoms with Gasteiger partial charge in [-0.2, -0.15) is 5.26 Å². The second kappa shape index (κ2) is 6.31. The molecule has 2 rings (SSSR count). The smallest absolute Gasteiger partial charge is 0.200 e. The normalized spacial score (nSPS) is 9.85. The zero-order valence-corrected chi connectivity index (χ0v) is 11.9. The molecule has 0 fully saturated rings. The number of nitrogens with zero attached hydrogens (tertiary/aromatic N) is 1. The number of ketones is 1. The van der Waals surface area contributed by atoms with Crippen LogP contribution in [0.5, 0.6) is 5.75 Å². The number of ether oxygens (including phenoxy) is 1. The van der Waals surface area contributed by atoms with Gasteiger partial charge in [-0.25, -0.2) is 4.39 Å². The van der Waals surface area contributed by atoms with E-state index in [2.05, 4.69) is 15.9 Å². The molecule has 0 aliphatic rings. The quantitative estimate of drug-likeness (QED) is 0.801. The van der Waals surface area contributed by atoms with Crippen molar-refractivity contribution in [1.29, 1.82) is 5.26 Å². The first-order valence-electron chi connectivity index (χ1n) is 5.71. The summed E-state index contributed by atoms with van der Waals surface area (Å²) in [7, 11) is 0. The minimum atomic E-state index is -0.527. The number of benzene rings is 2. The Morgan fingerprint density at radius 2 is 1.95 bits per heavy atom. The molecule has 0 bridgehead atoms. The highest BCUT2D eigenvalue weighted by Crippen LogP contribution is 2.22. The molecule has 0 spiro atoms. The highest BCUT2D eigenvalue weighted by molar-refractivity contribution is 9.10. The summed E-state index contributed by atoms with van der Waals surface area (Å²) >= 11 is 3.20. The van der Waals surface area contributed by atoms with Crippen LogP contribution in [0.15, 0.2) is 46.9 Å². The number of Topliss-reactive ketones (excluding diaryl/α,β-unsaturated/α-hetero) is 1. The first-order chi connectivity index (χ1) is 9.60. The summed E-state index contributed by atoms with van der Waals surface area (Å²) in [4.78, 5) is 11.9. The van der Waals surface area contributed by atoms with Gasteiger partial charge in [0.25, 0.3) is 0 Å². The molecule has 20 heavy (non-hydrogen) atoms. The van der Waals surface area contributed by atoms with Crippen LogP contribution in [-0.2, 0) is 0 Å². The van der Waals surface area contributed by atoms with E-state index < -0.39 is 5.82 Å². The molecular formula is C15H9BrFNO2. The number of halogens is 2. The lowest BCUT2D eigenvalue weighted by Crippen LogP contribution is -2.12. The van der Waals surface area contributed by atoms with Crippen molar-refractivity contribution in [2.75, 3.05) is 6.61 Å². The number of hydrogen-bond donors (Lipinski definition) is 0. The van der Waals surface area contributed by atoms with Gasteiger partial charge in [-0.3, -0.25) is 4.79 Å². The lowest BCUT2D eigenvalue weighted by Gasteiger charge is -2.07. The second-order valence-electron chi connectivity index (χ2n) is 3.98. The Hall–Kier alpha value is -2.19. The average Bonchev–Trinajstić information content (AvgIpc) is 2.48. The Morgan fingerprint density at radius 3 is 2.60 bits per heavy atom. The minimum Gasteiger partial charge on any atom is -0.482 e. The van der Waals surface area contributed by atoms with Gasteiger partial charge in [0, 0.05) is 10.0 Å². The van der Waals surface area contributed by atoms with Gasteiger partial charge in [-0.15, -0.1) is 0 Å². The Morgan fingerprint density at radius 1 is 1.25 bits per heavy atom. The van der Waals surface area contributed by atoms with Gasteiger partial charge in [-0.05, 0) is 42.5 Å². The molecule has 0 aliphatic heterocycles. The fraction of sp³-hybridized carbons (Fsp3) is 0.0667. The molecule has 0 aliphatic carbocycles. The third kappa shape index (κ3) is 3.43. The Kier molecular flexibility index (Phi) is 4.49.